The maximum Gasteiger partial charge on any atom is 0.153 e. The van der Waals surface area contributed by atoms with Gasteiger partial charge in [0.05, 0.1) is 11.5 Å². The molecule has 1 heterocycles. The molecule has 0 saturated carbocycles. The highest BCUT2D eigenvalue weighted by Gasteiger charge is 2.16. The van der Waals surface area contributed by atoms with Gasteiger partial charge in [-0.3, -0.25) is 0 Å². The number of aryl methyl sites for hydroxylation is 1. The maximum absolute atomic E-state index is 13.1. The lowest BCUT2D eigenvalue weighted by molar-refractivity contribution is 0.280. The molecule has 0 amide bonds. The van der Waals surface area contributed by atoms with Gasteiger partial charge in [-0.25, -0.2) is 4.39 Å². The van der Waals surface area contributed by atoms with Crippen molar-refractivity contribution in [3.05, 3.63) is 23.8 Å². The van der Waals surface area contributed by atoms with Crippen molar-refractivity contribution in [2.24, 2.45) is 0 Å². The molecule has 70 valence electrons. The van der Waals surface area contributed by atoms with E-state index in [0.717, 1.165) is 16.2 Å². The molecule has 1 nitrogen and oxygen atoms in total. The van der Waals surface area contributed by atoms with Crippen molar-refractivity contribution < 1.29 is 9.13 Å². The average Bonchev–Trinajstić information content (AvgIpc) is 2.25. The van der Waals surface area contributed by atoms with Gasteiger partial charge in [0, 0.05) is 6.42 Å². The summed E-state index contributed by atoms with van der Waals surface area (Å²) in [5, 5.41) is 0. The first-order valence-electron chi connectivity index (χ1n) is 4.30. The van der Waals surface area contributed by atoms with Crippen molar-refractivity contribution >= 4 is 11.8 Å². The fraction of sp³-hybridized carbons (Fsp3) is 0.400. The molecule has 1 aromatic carbocycles. The fourth-order valence-corrected chi connectivity index (χ4v) is 2.27. The molecule has 0 N–H and O–H groups in total. The van der Waals surface area contributed by atoms with Crippen LogP contribution in [0.4, 0.5) is 4.39 Å². The third-order valence-corrected chi connectivity index (χ3v) is 3.02. The van der Waals surface area contributed by atoms with Gasteiger partial charge in [-0.15, -0.1) is 0 Å². The van der Waals surface area contributed by atoms with Crippen LogP contribution in [-0.2, 0) is 0 Å². The minimum absolute atomic E-state index is 0.471. The lowest BCUT2D eigenvalue weighted by Gasteiger charge is -2.06. The number of benzene rings is 1. The van der Waals surface area contributed by atoms with Crippen molar-refractivity contribution in [3.8, 4) is 5.75 Å². The molecule has 0 bridgehead atoms. The highest BCUT2D eigenvalue weighted by Crippen LogP contribution is 2.37. The Hall–Kier alpha value is -0.700. The van der Waals surface area contributed by atoms with Crippen LogP contribution in [0.1, 0.15) is 12.0 Å². The lowest BCUT2D eigenvalue weighted by Crippen LogP contribution is -1.99. The van der Waals surface area contributed by atoms with Crippen molar-refractivity contribution in [2.45, 2.75) is 23.7 Å². The smallest absolute Gasteiger partial charge is 0.153 e. The molecule has 1 aliphatic heterocycles. The Kier molecular flexibility index (Phi) is 2.44. The SMILES string of the molecule is Cc1ccc2c(c1)SC(F)CCO2. The molecule has 1 aromatic rings. The summed E-state index contributed by atoms with van der Waals surface area (Å²) >= 11 is 1.26. The molecule has 3 heteroatoms. The molecule has 0 radical (unpaired) electrons. The van der Waals surface area contributed by atoms with Crippen LogP contribution in [0.5, 0.6) is 5.75 Å². The van der Waals surface area contributed by atoms with Crippen LogP contribution in [0.2, 0.25) is 0 Å². The van der Waals surface area contributed by atoms with Gasteiger partial charge >= 0.3 is 0 Å². The number of thioether (sulfide) groups is 1. The van der Waals surface area contributed by atoms with Crippen LogP contribution >= 0.6 is 11.8 Å². The van der Waals surface area contributed by atoms with Gasteiger partial charge in [-0.05, 0) is 24.6 Å². The molecule has 2 rings (SSSR count). The minimum Gasteiger partial charge on any atom is -0.492 e. The van der Waals surface area contributed by atoms with Crippen molar-refractivity contribution in [3.63, 3.8) is 0 Å². The highest BCUT2D eigenvalue weighted by atomic mass is 32.2. The summed E-state index contributed by atoms with van der Waals surface area (Å²) < 4.78 is 18.5. The van der Waals surface area contributed by atoms with Gasteiger partial charge < -0.3 is 4.74 Å². The number of fused-ring (bicyclic) bond motifs is 1. The molecule has 13 heavy (non-hydrogen) atoms. The monoisotopic (exact) mass is 198 g/mol. The third kappa shape index (κ3) is 1.97. The Balaban J connectivity index is 2.35. The zero-order valence-electron chi connectivity index (χ0n) is 7.42. The predicted octanol–water partition coefficient (Wildman–Crippen LogP) is 3.17. The number of hydrogen-bond donors (Lipinski definition) is 0. The van der Waals surface area contributed by atoms with Gasteiger partial charge in [0.1, 0.15) is 5.75 Å². The van der Waals surface area contributed by atoms with Crippen LogP contribution < -0.4 is 4.74 Å². The minimum atomic E-state index is -0.831. The standard InChI is InChI=1S/C10H11FOS/c1-7-2-3-8-9(6-7)13-10(11)4-5-12-8/h2-3,6,10H,4-5H2,1H3. The lowest BCUT2D eigenvalue weighted by atomic mass is 10.2. The van der Waals surface area contributed by atoms with Crippen LogP contribution in [0.25, 0.3) is 0 Å². The summed E-state index contributed by atoms with van der Waals surface area (Å²) in [4.78, 5) is 0.921. The molecule has 1 aliphatic rings. The van der Waals surface area contributed by atoms with E-state index in [-0.39, 0.29) is 0 Å². The number of halogens is 1. The largest absolute Gasteiger partial charge is 0.492 e. The third-order valence-electron chi connectivity index (χ3n) is 1.96. The molecule has 0 fully saturated rings. The zero-order chi connectivity index (χ0) is 9.26. The Morgan fingerprint density at radius 3 is 3.23 bits per heavy atom. The quantitative estimate of drug-likeness (QED) is 0.633. The zero-order valence-corrected chi connectivity index (χ0v) is 8.23. The Morgan fingerprint density at radius 2 is 2.38 bits per heavy atom. The van der Waals surface area contributed by atoms with E-state index in [1.54, 1.807) is 0 Å². The molecule has 0 spiro atoms. The van der Waals surface area contributed by atoms with E-state index in [1.807, 2.05) is 25.1 Å². The van der Waals surface area contributed by atoms with Crippen LogP contribution in [0, 0.1) is 6.92 Å². The molecular weight excluding hydrogens is 187 g/mol. The molecule has 0 saturated heterocycles. The summed E-state index contributed by atoms with van der Waals surface area (Å²) in [7, 11) is 0. The van der Waals surface area contributed by atoms with E-state index in [2.05, 4.69) is 0 Å². The van der Waals surface area contributed by atoms with Crippen LogP contribution in [0.15, 0.2) is 23.1 Å². The van der Waals surface area contributed by atoms with Crippen LogP contribution in [-0.4, -0.2) is 12.1 Å². The van der Waals surface area contributed by atoms with E-state index in [0.29, 0.717) is 13.0 Å². The second-order valence-electron chi connectivity index (χ2n) is 3.12. The van der Waals surface area contributed by atoms with Crippen LogP contribution in [0.3, 0.4) is 0 Å². The van der Waals surface area contributed by atoms with Gasteiger partial charge in [0.15, 0.2) is 5.50 Å². The summed E-state index contributed by atoms with van der Waals surface area (Å²) in [6, 6.07) is 5.87. The number of hydrogen-bond acceptors (Lipinski definition) is 2. The molecule has 0 aliphatic carbocycles. The van der Waals surface area contributed by atoms with Gasteiger partial charge in [0.25, 0.3) is 0 Å². The summed E-state index contributed by atoms with van der Waals surface area (Å²) in [6.45, 7) is 2.48. The van der Waals surface area contributed by atoms with Gasteiger partial charge in [0.2, 0.25) is 0 Å². The number of ether oxygens (including phenoxy) is 1. The average molecular weight is 198 g/mol. The van der Waals surface area contributed by atoms with Crippen molar-refractivity contribution in [1.29, 1.82) is 0 Å². The molecule has 0 aromatic heterocycles. The van der Waals surface area contributed by atoms with Gasteiger partial charge in [-0.1, -0.05) is 17.8 Å². The Morgan fingerprint density at radius 1 is 1.54 bits per heavy atom. The van der Waals surface area contributed by atoms with E-state index in [1.165, 1.54) is 11.8 Å². The van der Waals surface area contributed by atoms with Crippen molar-refractivity contribution in [2.75, 3.05) is 6.61 Å². The highest BCUT2D eigenvalue weighted by molar-refractivity contribution is 7.99. The molecular formula is C10H11FOS. The Bertz CT molecular complexity index is 314. The predicted molar refractivity (Wildman–Crippen MR) is 52.0 cm³/mol. The number of alkyl halides is 1. The summed E-state index contributed by atoms with van der Waals surface area (Å²) in [6.07, 6.45) is 0.471. The summed E-state index contributed by atoms with van der Waals surface area (Å²) in [5.41, 5.74) is 0.312. The molecule has 1 atom stereocenters. The van der Waals surface area contributed by atoms with Gasteiger partial charge in [-0.2, -0.15) is 0 Å². The molecule has 1 unspecified atom stereocenters. The Labute approximate surface area is 81.3 Å². The maximum atomic E-state index is 13.1. The van der Waals surface area contributed by atoms with E-state index >= 15 is 0 Å². The fourth-order valence-electron chi connectivity index (χ4n) is 1.28. The van der Waals surface area contributed by atoms with E-state index < -0.39 is 5.50 Å². The first-order valence-corrected chi connectivity index (χ1v) is 5.18. The number of rotatable bonds is 0. The first kappa shape index (κ1) is 8.88. The summed E-state index contributed by atoms with van der Waals surface area (Å²) in [5.74, 6) is 0.816. The normalized spacial score (nSPS) is 21.5. The second-order valence-corrected chi connectivity index (χ2v) is 4.30. The first-order chi connectivity index (χ1) is 6.25. The topological polar surface area (TPSA) is 9.23 Å². The van der Waals surface area contributed by atoms with Crippen molar-refractivity contribution in [1.82, 2.24) is 0 Å². The van der Waals surface area contributed by atoms with E-state index in [9.17, 15) is 4.39 Å². The second kappa shape index (κ2) is 3.58. The van der Waals surface area contributed by atoms with E-state index in [4.69, 9.17) is 4.74 Å².